The summed E-state index contributed by atoms with van der Waals surface area (Å²) in [5.41, 5.74) is 1.83. The number of carbonyl (C=O) groups excluding carboxylic acids is 3. The first kappa shape index (κ1) is 20.0. The van der Waals surface area contributed by atoms with E-state index >= 15 is 0 Å². The summed E-state index contributed by atoms with van der Waals surface area (Å²) in [4.78, 5) is 41.8. The topological polar surface area (TPSA) is 69.7 Å². The molecular formula is C22H21F2N3O3. The molecule has 1 fully saturated rings. The van der Waals surface area contributed by atoms with Gasteiger partial charge in [0.2, 0.25) is 11.8 Å². The third-order valence-electron chi connectivity index (χ3n) is 5.52. The van der Waals surface area contributed by atoms with Crippen molar-refractivity contribution in [1.82, 2.24) is 10.2 Å². The predicted octanol–water partition coefficient (Wildman–Crippen LogP) is 2.54. The molecule has 1 saturated heterocycles. The maximum Gasteiger partial charge on any atom is 0.256 e. The molecule has 4 rings (SSSR count). The van der Waals surface area contributed by atoms with Gasteiger partial charge in [-0.2, -0.15) is 0 Å². The van der Waals surface area contributed by atoms with Gasteiger partial charge in [0.25, 0.3) is 5.91 Å². The van der Waals surface area contributed by atoms with Crippen molar-refractivity contribution >= 4 is 23.4 Å². The average molecular weight is 413 g/mol. The molecule has 2 aromatic carbocycles. The smallest absolute Gasteiger partial charge is 0.256 e. The maximum absolute atomic E-state index is 13.4. The largest absolute Gasteiger partial charge is 0.350 e. The van der Waals surface area contributed by atoms with Gasteiger partial charge >= 0.3 is 0 Å². The number of fused-ring (bicyclic) bond motifs is 2. The number of rotatable bonds is 4. The zero-order chi connectivity index (χ0) is 21.4. The number of aryl methyl sites for hydroxylation is 1. The van der Waals surface area contributed by atoms with Crippen molar-refractivity contribution in [3.8, 4) is 0 Å². The summed E-state index contributed by atoms with van der Waals surface area (Å²) in [6.45, 7) is 1.93. The third-order valence-corrected chi connectivity index (χ3v) is 5.52. The van der Waals surface area contributed by atoms with Crippen LogP contribution in [0.25, 0.3) is 0 Å². The summed E-state index contributed by atoms with van der Waals surface area (Å²) in [7, 11) is 0. The van der Waals surface area contributed by atoms with Gasteiger partial charge in [0, 0.05) is 19.2 Å². The molecule has 0 aromatic heterocycles. The molecule has 0 radical (unpaired) electrons. The van der Waals surface area contributed by atoms with Gasteiger partial charge < -0.3 is 15.1 Å². The van der Waals surface area contributed by atoms with Crippen molar-refractivity contribution < 1.29 is 23.2 Å². The molecular weight excluding hydrogens is 392 g/mol. The van der Waals surface area contributed by atoms with Crippen LogP contribution in [-0.4, -0.2) is 41.8 Å². The highest BCUT2D eigenvalue weighted by molar-refractivity contribution is 6.13. The molecule has 30 heavy (non-hydrogen) atoms. The molecule has 3 amide bonds. The molecule has 2 aliphatic rings. The van der Waals surface area contributed by atoms with Gasteiger partial charge in [0.1, 0.15) is 24.2 Å². The quantitative estimate of drug-likeness (QED) is 0.838. The van der Waals surface area contributed by atoms with E-state index in [0.717, 1.165) is 30.2 Å². The number of carbonyl (C=O) groups is 3. The van der Waals surface area contributed by atoms with Crippen molar-refractivity contribution in [2.45, 2.75) is 32.4 Å². The van der Waals surface area contributed by atoms with Crippen molar-refractivity contribution in [2.75, 3.05) is 18.0 Å². The molecule has 2 heterocycles. The van der Waals surface area contributed by atoms with Gasteiger partial charge in [-0.15, -0.1) is 0 Å². The molecule has 2 aliphatic heterocycles. The summed E-state index contributed by atoms with van der Waals surface area (Å²) >= 11 is 0. The zero-order valence-electron chi connectivity index (χ0n) is 16.5. The fraction of sp³-hybridized carbons (Fsp3) is 0.318. The minimum atomic E-state index is -0.730. The van der Waals surface area contributed by atoms with Crippen LogP contribution in [0.5, 0.6) is 0 Å². The molecule has 0 bridgehead atoms. The van der Waals surface area contributed by atoms with Crippen LogP contribution in [0.3, 0.4) is 0 Å². The first-order chi connectivity index (χ1) is 14.3. The fourth-order valence-corrected chi connectivity index (χ4v) is 4.17. The first-order valence-electron chi connectivity index (χ1n) is 9.79. The molecule has 2 aromatic rings. The van der Waals surface area contributed by atoms with Crippen LogP contribution in [0, 0.1) is 18.6 Å². The van der Waals surface area contributed by atoms with E-state index in [1.807, 2.05) is 0 Å². The highest BCUT2D eigenvalue weighted by Crippen LogP contribution is 2.34. The van der Waals surface area contributed by atoms with E-state index in [-0.39, 0.29) is 30.5 Å². The fourth-order valence-electron chi connectivity index (χ4n) is 4.17. The lowest BCUT2D eigenvalue weighted by Crippen LogP contribution is -2.48. The zero-order valence-corrected chi connectivity index (χ0v) is 16.5. The molecule has 6 nitrogen and oxygen atoms in total. The van der Waals surface area contributed by atoms with Gasteiger partial charge in [-0.3, -0.25) is 14.4 Å². The van der Waals surface area contributed by atoms with Gasteiger partial charge in [-0.05, 0) is 49.1 Å². The summed E-state index contributed by atoms with van der Waals surface area (Å²) in [6.07, 6.45) is 1.28. The van der Waals surface area contributed by atoms with E-state index in [1.165, 1.54) is 4.90 Å². The van der Waals surface area contributed by atoms with Gasteiger partial charge in [0.05, 0.1) is 11.3 Å². The van der Waals surface area contributed by atoms with E-state index in [0.29, 0.717) is 24.2 Å². The third kappa shape index (κ3) is 3.65. The molecule has 156 valence electrons. The second kappa shape index (κ2) is 7.85. The minimum absolute atomic E-state index is 0.0787. The van der Waals surface area contributed by atoms with Crippen LogP contribution < -0.4 is 10.2 Å². The molecule has 0 saturated carbocycles. The lowest BCUT2D eigenvalue weighted by atomic mass is 10.1. The normalized spacial score (nSPS) is 18.2. The first-order valence-corrected chi connectivity index (χ1v) is 9.79. The maximum atomic E-state index is 13.4. The Morgan fingerprint density at radius 1 is 1.17 bits per heavy atom. The molecule has 8 heteroatoms. The van der Waals surface area contributed by atoms with Crippen molar-refractivity contribution in [3.05, 3.63) is 64.7 Å². The number of nitrogens with zero attached hydrogens (tertiary/aromatic N) is 2. The Balaban J connectivity index is 1.59. The summed E-state index contributed by atoms with van der Waals surface area (Å²) in [5.74, 6) is -2.44. The van der Waals surface area contributed by atoms with Gasteiger partial charge in [-0.25, -0.2) is 8.78 Å². The summed E-state index contributed by atoms with van der Waals surface area (Å²) in [5, 5.41) is 2.60. The van der Waals surface area contributed by atoms with Crippen LogP contribution in [0.15, 0.2) is 36.4 Å². The number of anilines is 1. The number of amides is 3. The molecule has 1 N–H and O–H groups in total. The molecule has 0 spiro atoms. The second-order valence-corrected chi connectivity index (χ2v) is 7.61. The second-order valence-electron chi connectivity index (χ2n) is 7.61. The van der Waals surface area contributed by atoms with E-state index < -0.39 is 23.6 Å². The van der Waals surface area contributed by atoms with E-state index in [1.54, 1.807) is 30.0 Å². The van der Waals surface area contributed by atoms with Crippen LogP contribution in [0.1, 0.15) is 34.3 Å². The van der Waals surface area contributed by atoms with E-state index in [4.69, 9.17) is 0 Å². The van der Waals surface area contributed by atoms with Crippen LogP contribution in [-0.2, 0) is 16.1 Å². The number of benzene rings is 2. The van der Waals surface area contributed by atoms with E-state index in [9.17, 15) is 23.2 Å². The number of hydrogen-bond acceptors (Lipinski definition) is 3. The number of para-hydroxylation sites is 1. The van der Waals surface area contributed by atoms with Crippen LogP contribution in [0.2, 0.25) is 0 Å². The standard InChI is InChI=1S/C22H21F2N3O3/c1-13-4-2-5-17-20(13)27(22(30)18-6-3-7-26(18)21(17)29)12-19(28)25-11-14-8-15(23)10-16(24)9-14/h2,4-5,8-10,18H,3,6-7,11-12H2,1H3,(H,25,28)/t18-/m0/s1. The Hall–Kier alpha value is -3.29. The number of hydrogen-bond donors (Lipinski definition) is 1. The molecule has 0 unspecified atom stereocenters. The Kier molecular flexibility index (Phi) is 5.24. The Morgan fingerprint density at radius 3 is 2.63 bits per heavy atom. The number of halogens is 2. The van der Waals surface area contributed by atoms with E-state index in [2.05, 4.69) is 5.32 Å². The highest BCUT2D eigenvalue weighted by atomic mass is 19.1. The lowest BCUT2D eigenvalue weighted by molar-refractivity contribution is -0.125. The van der Waals surface area contributed by atoms with Crippen LogP contribution >= 0.6 is 0 Å². The minimum Gasteiger partial charge on any atom is -0.350 e. The van der Waals surface area contributed by atoms with Crippen LogP contribution in [0.4, 0.5) is 14.5 Å². The van der Waals surface area contributed by atoms with Crippen molar-refractivity contribution in [2.24, 2.45) is 0 Å². The summed E-state index contributed by atoms with van der Waals surface area (Å²) in [6, 6.07) is 7.64. The Morgan fingerprint density at radius 2 is 1.90 bits per heavy atom. The SMILES string of the molecule is Cc1cccc2c1N(CC(=O)NCc1cc(F)cc(F)c1)C(=O)[C@@H]1CCCN1C2=O. The summed E-state index contributed by atoms with van der Waals surface area (Å²) < 4.78 is 26.7. The van der Waals surface area contributed by atoms with Crippen molar-refractivity contribution in [3.63, 3.8) is 0 Å². The Labute approximate surface area is 172 Å². The number of nitrogens with one attached hydrogen (secondary N) is 1. The molecule has 1 atom stereocenters. The predicted molar refractivity (Wildman–Crippen MR) is 106 cm³/mol. The lowest BCUT2D eigenvalue weighted by Gasteiger charge is -2.26. The van der Waals surface area contributed by atoms with Crippen molar-refractivity contribution in [1.29, 1.82) is 0 Å². The molecule has 0 aliphatic carbocycles. The van der Waals surface area contributed by atoms with Gasteiger partial charge in [0.15, 0.2) is 0 Å². The monoisotopic (exact) mass is 413 g/mol. The Bertz CT molecular complexity index is 1020. The average Bonchev–Trinajstić information content (AvgIpc) is 3.16. The van der Waals surface area contributed by atoms with Gasteiger partial charge in [-0.1, -0.05) is 12.1 Å². The highest BCUT2D eigenvalue weighted by Gasteiger charge is 2.42.